The lowest BCUT2D eigenvalue weighted by Crippen LogP contribution is -2.20. The van der Waals surface area contributed by atoms with Crippen molar-refractivity contribution in [2.45, 2.75) is 20.0 Å². The first-order chi connectivity index (χ1) is 14.0. The summed E-state index contributed by atoms with van der Waals surface area (Å²) in [4.78, 5) is 13.5. The lowest BCUT2D eigenvalue weighted by molar-refractivity contribution is -0.118. The number of hydrogen-bond acceptors (Lipinski definition) is 5. The molecular weight excluding hydrogens is 452 g/mol. The topological polar surface area (TPSA) is 59.6 Å². The number of benzene rings is 2. The Labute approximate surface area is 183 Å². The van der Waals surface area contributed by atoms with Crippen LogP contribution in [0.15, 0.2) is 58.4 Å². The number of amides is 1. The Hall–Kier alpha value is -2.35. The molecule has 0 atom stereocenters. The smallest absolute Gasteiger partial charge is 0.262 e. The summed E-state index contributed by atoms with van der Waals surface area (Å²) in [5.74, 6) is 0.855. The molecule has 152 valence electrons. The largest absolute Gasteiger partial charge is 0.493 e. The van der Waals surface area contributed by atoms with E-state index in [0.717, 1.165) is 27.8 Å². The third-order valence-corrected chi connectivity index (χ3v) is 5.65. The number of anilines is 1. The van der Waals surface area contributed by atoms with Crippen LogP contribution >= 0.6 is 27.3 Å². The van der Waals surface area contributed by atoms with Crippen molar-refractivity contribution in [1.29, 1.82) is 0 Å². The minimum absolute atomic E-state index is 0.112. The van der Waals surface area contributed by atoms with Gasteiger partial charge in [0.05, 0.1) is 11.6 Å². The highest BCUT2D eigenvalue weighted by Gasteiger charge is 2.14. The SMILES string of the molecule is COc1cc(CNCc2cccs2)cc(Br)c1OCC(=O)Nc1ccc(C)cc1. The van der Waals surface area contributed by atoms with E-state index in [-0.39, 0.29) is 12.5 Å². The Morgan fingerprint density at radius 3 is 2.62 bits per heavy atom. The second-order valence-corrected chi connectivity index (χ2v) is 8.38. The minimum Gasteiger partial charge on any atom is -0.493 e. The molecule has 0 unspecified atom stereocenters. The van der Waals surface area contributed by atoms with Gasteiger partial charge >= 0.3 is 0 Å². The number of rotatable bonds is 9. The van der Waals surface area contributed by atoms with Crippen LogP contribution < -0.4 is 20.1 Å². The number of methoxy groups -OCH3 is 1. The molecule has 5 nitrogen and oxygen atoms in total. The second-order valence-electron chi connectivity index (χ2n) is 6.49. The summed E-state index contributed by atoms with van der Waals surface area (Å²) in [6.45, 7) is 3.40. The van der Waals surface area contributed by atoms with Crippen molar-refractivity contribution in [1.82, 2.24) is 5.32 Å². The second kappa shape index (κ2) is 10.4. The fraction of sp³-hybridized carbons (Fsp3) is 0.227. The molecule has 3 rings (SSSR count). The van der Waals surface area contributed by atoms with Gasteiger partial charge in [-0.25, -0.2) is 0 Å². The zero-order valence-electron chi connectivity index (χ0n) is 16.3. The van der Waals surface area contributed by atoms with Crippen molar-refractivity contribution in [2.24, 2.45) is 0 Å². The Kier molecular flexibility index (Phi) is 7.69. The third-order valence-electron chi connectivity index (χ3n) is 4.18. The minimum atomic E-state index is -0.232. The third kappa shape index (κ3) is 6.32. The summed E-state index contributed by atoms with van der Waals surface area (Å²) >= 11 is 5.26. The summed E-state index contributed by atoms with van der Waals surface area (Å²) in [6, 6.07) is 15.7. The molecule has 0 saturated heterocycles. The first kappa shape index (κ1) is 21.4. The van der Waals surface area contributed by atoms with Crippen molar-refractivity contribution in [2.75, 3.05) is 19.0 Å². The van der Waals surface area contributed by atoms with Gasteiger partial charge in [0.25, 0.3) is 5.91 Å². The van der Waals surface area contributed by atoms with E-state index in [0.29, 0.717) is 18.0 Å². The highest BCUT2D eigenvalue weighted by molar-refractivity contribution is 9.10. The van der Waals surface area contributed by atoms with Crippen molar-refractivity contribution >= 4 is 38.9 Å². The Morgan fingerprint density at radius 1 is 1.14 bits per heavy atom. The number of nitrogens with one attached hydrogen (secondary N) is 2. The van der Waals surface area contributed by atoms with E-state index in [1.165, 1.54) is 4.88 Å². The van der Waals surface area contributed by atoms with Crippen LogP contribution in [0.25, 0.3) is 0 Å². The van der Waals surface area contributed by atoms with Crippen LogP contribution in [0.3, 0.4) is 0 Å². The lowest BCUT2D eigenvalue weighted by Gasteiger charge is -2.15. The van der Waals surface area contributed by atoms with E-state index in [1.54, 1.807) is 18.4 Å². The van der Waals surface area contributed by atoms with Gasteiger partial charge in [0.1, 0.15) is 0 Å². The monoisotopic (exact) mass is 474 g/mol. The maximum Gasteiger partial charge on any atom is 0.262 e. The molecule has 0 fully saturated rings. The molecule has 1 aromatic heterocycles. The highest BCUT2D eigenvalue weighted by atomic mass is 79.9. The summed E-state index contributed by atoms with van der Waals surface area (Å²) < 4.78 is 11.9. The molecule has 3 aromatic rings. The number of hydrogen-bond donors (Lipinski definition) is 2. The van der Waals surface area contributed by atoms with Crippen molar-refractivity contribution in [3.63, 3.8) is 0 Å². The van der Waals surface area contributed by atoms with Crippen LogP contribution in [-0.4, -0.2) is 19.6 Å². The average molecular weight is 475 g/mol. The molecule has 1 heterocycles. The predicted octanol–water partition coefficient (Wildman–Crippen LogP) is 5.13. The van der Waals surface area contributed by atoms with Crippen molar-refractivity contribution in [3.8, 4) is 11.5 Å². The number of thiophene rings is 1. The number of carbonyl (C=O) groups excluding carboxylic acids is 1. The molecule has 2 aromatic carbocycles. The molecule has 7 heteroatoms. The van der Waals surface area contributed by atoms with Gasteiger partial charge in [-0.1, -0.05) is 23.8 Å². The highest BCUT2D eigenvalue weighted by Crippen LogP contribution is 2.36. The van der Waals surface area contributed by atoms with Crippen LogP contribution in [0.4, 0.5) is 5.69 Å². The van der Waals surface area contributed by atoms with Crippen LogP contribution in [0.2, 0.25) is 0 Å². The van der Waals surface area contributed by atoms with Gasteiger partial charge < -0.3 is 20.1 Å². The van der Waals surface area contributed by atoms with Gasteiger partial charge in [0.2, 0.25) is 0 Å². The fourth-order valence-corrected chi connectivity index (χ4v) is 4.01. The van der Waals surface area contributed by atoms with Gasteiger partial charge in [-0.15, -0.1) is 11.3 Å². The normalized spacial score (nSPS) is 10.6. The maximum atomic E-state index is 12.2. The standard InChI is InChI=1S/C22H23BrN2O3S/c1-15-5-7-17(8-6-15)25-21(26)14-28-22-19(23)10-16(11-20(22)27-2)12-24-13-18-4-3-9-29-18/h3-11,24H,12-14H2,1-2H3,(H,25,26). The summed E-state index contributed by atoms with van der Waals surface area (Å²) in [6.07, 6.45) is 0. The molecule has 1 amide bonds. The van der Waals surface area contributed by atoms with E-state index < -0.39 is 0 Å². The first-order valence-electron chi connectivity index (χ1n) is 9.14. The van der Waals surface area contributed by atoms with E-state index in [9.17, 15) is 4.79 Å². The molecule has 0 aliphatic rings. The predicted molar refractivity (Wildman–Crippen MR) is 121 cm³/mol. The fourth-order valence-electron chi connectivity index (χ4n) is 2.73. The van der Waals surface area contributed by atoms with E-state index in [1.807, 2.05) is 49.4 Å². The van der Waals surface area contributed by atoms with Gasteiger partial charge in [0, 0.05) is 23.7 Å². The molecule has 0 saturated carbocycles. The molecule has 0 radical (unpaired) electrons. The van der Waals surface area contributed by atoms with E-state index >= 15 is 0 Å². The number of ether oxygens (including phenoxy) is 2. The Balaban J connectivity index is 1.58. The zero-order chi connectivity index (χ0) is 20.6. The van der Waals surface area contributed by atoms with Crippen molar-refractivity contribution < 1.29 is 14.3 Å². The quantitative estimate of drug-likeness (QED) is 0.450. The maximum absolute atomic E-state index is 12.2. The van der Waals surface area contributed by atoms with Gasteiger partial charge in [-0.2, -0.15) is 0 Å². The summed E-state index contributed by atoms with van der Waals surface area (Å²) in [5, 5.41) is 8.30. The Morgan fingerprint density at radius 2 is 1.93 bits per heavy atom. The zero-order valence-corrected chi connectivity index (χ0v) is 18.7. The molecule has 0 bridgehead atoms. The molecule has 2 N–H and O–H groups in total. The summed E-state index contributed by atoms with van der Waals surface area (Å²) in [7, 11) is 1.59. The van der Waals surface area contributed by atoms with E-state index in [2.05, 4.69) is 38.0 Å². The van der Waals surface area contributed by atoms with E-state index in [4.69, 9.17) is 9.47 Å². The Bertz CT molecular complexity index is 943. The van der Waals surface area contributed by atoms with Gasteiger partial charge in [-0.05, 0) is 64.1 Å². The van der Waals surface area contributed by atoms with Crippen LogP contribution in [0.5, 0.6) is 11.5 Å². The molecule has 0 aliphatic heterocycles. The van der Waals surface area contributed by atoms with Gasteiger partial charge in [-0.3, -0.25) is 4.79 Å². The van der Waals surface area contributed by atoms with Crippen LogP contribution in [0.1, 0.15) is 16.0 Å². The summed E-state index contributed by atoms with van der Waals surface area (Å²) in [5.41, 5.74) is 2.93. The first-order valence-corrected chi connectivity index (χ1v) is 10.8. The van der Waals surface area contributed by atoms with Gasteiger partial charge in [0.15, 0.2) is 18.1 Å². The average Bonchev–Trinajstić information content (AvgIpc) is 3.22. The van der Waals surface area contributed by atoms with Crippen LogP contribution in [0, 0.1) is 6.92 Å². The number of halogens is 1. The van der Waals surface area contributed by atoms with Crippen molar-refractivity contribution in [3.05, 3.63) is 74.4 Å². The number of aryl methyl sites for hydroxylation is 1. The molecule has 0 spiro atoms. The lowest BCUT2D eigenvalue weighted by atomic mass is 10.2. The van der Waals surface area contributed by atoms with Crippen LogP contribution in [-0.2, 0) is 17.9 Å². The molecule has 0 aliphatic carbocycles. The molecule has 29 heavy (non-hydrogen) atoms. The molecular formula is C22H23BrN2O3S. The number of carbonyl (C=O) groups is 1.